The molecule has 1 aliphatic heterocycles. The van der Waals surface area contributed by atoms with E-state index < -0.39 is 5.25 Å². The number of benzene rings is 2. The van der Waals surface area contributed by atoms with Crippen LogP contribution >= 0.6 is 11.8 Å². The van der Waals surface area contributed by atoms with Crippen molar-refractivity contribution in [2.45, 2.75) is 23.5 Å². The van der Waals surface area contributed by atoms with E-state index in [2.05, 4.69) is 5.32 Å². The van der Waals surface area contributed by atoms with E-state index in [0.717, 1.165) is 4.90 Å². The van der Waals surface area contributed by atoms with Gasteiger partial charge in [0.15, 0.2) is 11.5 Å². The zero-order chi connectivity index (χ0) is 22.0. The fourth-order valence-electron chi connectivity index (χ4n) is 3.19. The molecule has 1 unspecified atom stereocenters. The molecular formula is C23H18N2O5S. The molecule has 3 amide bonds. The number of hydrogen-bond acceptors (Lipinski definition) is 6. The van der Waals surface area contributed by atoms with Crippen molar-refractivity contribution in [1.29, 1.82) is 0 Å². The van der Waals surface area contributed by atoms with Gasteiger partial charge in [-0.05, 0) is 67.6 Å². The number of imide groups is 1. The van der Waals surface area contributed by atoms with Crippen LogP contribution in [0, 0.1) is 0 Å². The van der Waals surface area contributed by atoms with Crippen LogP contribution in [-0.4, -0.2) is 28.8 Å². The molecule has 1 atom stereocenters. The first-order valence-electron chi connectivity index (χ1n) is 9.52. The third kappa shape index (κ3) is 4.44. The van der Waals surface area contributed by atoms with Crippen LogP contribution in [0.3, 0.4) is 0 Å². The Morgan fingerprint density at radius 2 is 1.74 bits per heavy atom. The largest absolute Gasteiger partial charge is 0.459 e. The number of thioether (sulfide) groups is 1. The number of nitrogens with zero attached hydrogens (tertiary/aromatic N) is 1. The summed E-state index contributed by atoms with van der Waals surface area (Å²) in [5, 5.41) is 2.19. The monoisotopic (exact) mass is 434 g/mol. The molecule has 8 heteroatoms. The molecule has 7 nitrogen and oxygen atoms in total. The SMILES string of the molecule is CC(=O)c1ccc(N2C(=O)CC(Sc3ccc(NC(=O)c4ccco4)cc3)C2=O)cc1. The van der Waals surface area contributed by atoms with E-state index in [9.17, 15) is 19.2 Å². The summed E-state index contributed by atoms with van der Waals surface area (Å²) in [5.41, 5.74) is 1.57. The highest BCUT2D eigenvalue weighted by molar-refractivity contribution is 8.00. The number of rotatable bonds is 6. The summed E-state index contributed by atoms with van der Waals surface area (Å²) >= 11 is 1.30. The number of nitrogens with one attached hydrogen (secondary N) is 1. The third-order valence-electron chi connectivity index (χ3n) is 4.77. The summed E-state index contributed by atoms with van der Waals surface area (Å²) in [7, 11) is 0. The molecule has 1 saturated heterocycles. The molecule has 2 heterocycles. The number of ketones is 1. The van der Waals surface area contributed by atoms with Crippen molar-refractivity contribution in [3.63, 3.8) is 0 Å². The second kappa shape index (κ2) is 8.61. The first-order valence-corrected chi connectivity index (χ1v) is 10.4. The average molecular weight is 434 g/mol. The lowest BCUT2D eigenvalue weighted by atomic mass is 10.1. The van der Waals surface area contributed by atoms with Crippen LogP contribution in [0.1, 0.15) is 34.3 Å². The van der Waals surface area contributed by atoms with Crippen LogP contribution in [-0.2, 0) is 9.59 Å². The van der Waals surface area contributed by atoms with E-state index >= 15 is 0 Å². The molecule has 0 spiro atoms. The summed E-state index contributed by atoms with van der Waals surface area (Å²) in [6, 6.07) is 16.6. The fourth-order valence-corrected chi connectivity index (χ4v) is 4.25. The Balaban J connectivity index is 1.41. The number of Topliss-reactive ketones (excluding diaryl/α,β-unsaturated/α-hetero) is 1. The zero-order valence-corrected chi connectivity index (χ0v) is 17.3. The number of amides is 3. The Morgan fingerprint density at radius 3 is 2.35 bits per heavy atom. The molecule has 0 saturated carbocycles. The van der Waals surface area contributed by atoms with Crippen molar-refractivity contribution < 1.29 is 23.6 Å². The van der Waals surface area contributed by atoms with Crippen molar-refractivity contribution in [3.05, 3.63) is 78.3 Å². The number of hydrogen-bond donors (Lipinski definition) is 1. The highest BCUT2D eigenvalue weighted by Crippen LogP contribution is 2.34. The summed E-state index contributed by atoms with van der Waals surface area (Å²) in [6.07, 6.45) is 1.52. The minimum Gasteiger partial charge on any atom is -0.459 e. The number of carbonyl (C=O) groups excluding carboxylic acids is 4. The van der Waals surface area contributed by atoms with Gasteiger partial charge in [0.05, 0.1) is 17.2 Å². The van der Waals surface area contributed by atoms with Gasteiger partial charge in [-0.25, -0.2) is 4.90 Å². The van der Waals surface area contributed by atoms with Crippen LogP contribution in [0.2, 0.25) is 0 Å². The van der Waals surface area contributed by atoms with Crippen molar-refractivity contribution >= 4 is 46.6 Å². The first kappa shape index (κ1) is 20.6. The van der Waals surface area contributed by atoms with E-state index in [-0.39, 0.29) is 35.7 Å². The fraction of sp³-hybridized carbons (Fsp3) is 0.130. The van der Waals surface area contributed by atoms with Crippen molar-refractivity contribution in [1.82, 2.24) is 0 Å². The van der Waals surface area contributed by atoms with Gasteiger partial charge in [0.25, 0.3) is 5.91 Å². The highest BCUT2D eigenvalue weighted by atomic mass is 32.2. The Bertz CT molecular complexity index is 1140. The van der Waals surface area contributed by atoms with Gasteiger partial charge in [-0.15, -0.1) is 11.8 Å². The van der Waals surface area contributed by atoms with Gasteiger partial charge >= 0.3 is 0 Å². The standard InChI is InChI=1S/C23H18N2O5S/c1-14(26)15-4-8-17(9-5-15)25-21(27)13-20(23(25)29)31-18-10-6-16(7-11-18)24-22(28)19-3-2-12-30-19/h2-12,20H,13H2,1H3,(H,24,28). The van der Waals surface area contributed by atoms with E-state index in [1.54, 1.807) is 60.7 Å². The summed E-state index contributed by atoms with van der Waals surface area (Å²) in [5.74, 6) is -0.789. The van der Waals surface area contributed by atoms with Gasteiger partial charge in [0.2, 0.25) is 11.8 Å². The van der Waals surface area contributed by atoms with Crippen molar-refractivity contribution in [2.24, 2.45) is 0 Å². The molecule has 1 fully saturated rings. The van der Waals surface area contributed by atoms with E-state index in [4.69, 9.17) is 4.42 Å². The maximum atomic E-state index is 12.8. The second-order valence-corrected chi connectivity index (χ2v) is 8.21. The van der Waals surface area contributed by atoms with Crippen LogP contribution in [0.5, 0.6) is 0 Å². The van der Waals surface area contributed by atoms with E-state index in [0.29, 0.717) is 16.9 Å². The average Bonchev–Trinajstić information content (AvgIpc) is 3.38. The highest BCUT2D eigenvalue weighted by Gasteiger charge is 2.40. The van der Waals surface area contributed by atoms with E-state index in [1.165, 1.54) is 29.8 Å². The maximum absolute atomic E-state index is 12.8. The number of carbonyl (C=O) groups is 4. The second-order valence-electron chi connectivity index (χ2n) is 6.94. The minimum atomic E-state index is -0.538. The molecule has 0 radical (unpaired) electrons. The molecular weight excluding hydrogens is 416 g/mol. The number of anilines is 2. The lowest BCUT2D eigenvalue weighted by Gasteiger charge is -2.15. The number of furan rings is 1. The van der Waals surface area contributed by atoms with Gasteiger partial charge in [-0.3, -0.25) is 19.2 Å². The van der Waals surface area contributed by atoms with E-state index in [1.807, 2.05) is 0 Å². The Kier molecular flexibility index (Phi) is 5.73. The molecule has 2 aromatic carbocycles. The van der Waals surface area contributed by atoms with Crippen molar-refractivity contribution in [3.8, 4) is 0 Å². The topological polar surface area (TPSA) is 96.7 Å². The molecule has 4 rings (SSSR count). The predicted octanol–water partition coefficient (Wildman–Crippen LogP) is 4.16. The quantitative estimate of drug-likeness (QED) is 0.462. The Labute approximate surface area is 182 Å². The summed E-state index contributed by atoms with van der Waals surface area (Å²) in [6.45, 7) is 1.46. The molecule has 1 aromatic heterocycles. The molecule has 1 aliphatic rings. The Hall–Kier alpha value is -3.65. The summed E-state index contributed by atoms with van der Waals surface area (Å²) in [4.78, 5) is 50.7. The van der Waals surface area contributed by atoms with Gasteiger partial charge in [-0.1, -0.05) is 0 Å². The minimum absolute atomic E-state index is 0.0807. The van der Waals surface area contributed by atoms with Crippen LogP contribution in [0.25, 0.3) is 0 Å². The van der Waals surface area contributed by atoms with Gasteiger partial charge in [0, 0.05) is 22.6 Å². The molecule has 156 valence electrons. The molecule has 1 N–H and O–H groups in total. The predicted molar refractivity (Wildman–Crippen MR) is 116 cm³/mol. The molecule has 0 aliphatic carbocycles. The van der Waals surface area contributed by atoms with Gasteiger partial charge in [0.1, 0.15) is 0 Å². The van der Waals surface area contributed by atoms with Crippen LogP contribution in [0.4, 0.5) is 11.4 Å². The van der Waals surface area contributed by atoms with Gasteiger partial charge in [-0.2, -0.15) is 0 Å². The lowest BCUT2D eigenvalue weighted by Crippen LogP contribution is -2.31. The molecule has 0 bridgehead atoms. The third-order valence-corrected chi connectivity index (χ3v) is 5.97. The Morgan fingerprint density at radius 1 is 1.03 bits per heavy atom. The molecule has 31 heavy (non-hydrogen) atoms. The maximum Gasteiger partial charge on any atom is 0.291 e. The zero-order valence-electron chi connectivity index (χ0n) is 16.5. The van der Waals surface area contributed by atoms with Crippen LogP contribution in [0.15, 0.2) is 76.2 Å². The van der Waals surface area contributed by atoms with Crippen LogP contribution < -0.4 is 10.2 Å². The molecule has 3 aromatic rings. The summed E-state index contributed by atoms with van der Waals surface area (Å²) < 4.78 is 5.06. The smallest absolute Gasteiger partial charge is 0.291 e. The normalized spacial score (nSPS) is 15.9. The van der Waals surface area contributed by atoms with Gasteiger partial charge < -0.3 is 9.73 Å². The first-order chi connectivity index (χ1) is 14.9. The van der Waals surface area contributed by atoms with Crippen molar-refractivity contribution in [2.75, 3.05) is 10.2 Å². The lowest BCUT2D eigenvalue weighted by molar-refractivity contribution is -0.121.